The maximum Gasteiger partial charge on any atom is 0.416 e. The summed E-state index contributed by atoms with van der Waals surface area (Å²) in [6, 6.07) is 5.21. The quantitative estimate of drug-likeness (QED) is 0.322. The van der Waals surface area contributed by atoms with Crippen molar-refractivity contribution in [3.63, 3.8) is 0 Å². The lowest BCUT2D eigenvalue weighted by atomic mass is 10.0. The van der Waals surface area contributed by atoms with Gasteiger partial charge in [-0.2, -0.15) is 22.7 Å². The molecule has 1 aromatic carbocycles. The molecule has 49 heavy (non-hydrogen) atoms. The van der Waals surface area contributed by atoms with Crippen LogP contribution in [0.3, 0.4) is 0 Å². The summed E-state index contributed by atoms with van der Waals surface area (Å²) < 4.78 is 48.3. The topological polar surface area (TPSA) is 147 Å². The summed E-state index contributed by atoms with van der Waals surface area (Å²) in [5.41, 5.74) is 0.942. The lowest BCUT2D eigenvalue weighted by Crippen LogP contribution is -2.51. The Balaban J connectivity index is 1.26. The minimum absolute atomic E-state index is 0.0540. The van der Waals surface area contributed by atoms with E-state index in [1.807, 2.05) is 17.9 Å². The van der Waals surface area contributed by atoms with Crippen LogP contribution in [0.5, 0.6) is 5.75 Å². The number of aromatic hydroxyl groups is 1. The predicted octanol–water partition coefficient (Wildman–Crippen LogP) is 3.77. The number of nitrogens with one attached hydrogen (secondary N) is 1. The van der Waals surface area contributed by atoms with Crippen LogP contribution in [-0.2, 0) is 15.7 Å². The van der Waals surface area contributed by atoms with Crippen LogP contribution < -0.4 is 15.8 Å². The van der Waals surface area contributed by atoms with Crippen molar-refractivity contribution < 1.29 is 32.6 Å². The number of aromatic nitrogens is 5. The minimum Gasteiger partial charge on any atom is -0.505 e. The summed E-state index contributed by atoms with van der Waals surface area (Å²) in [6.45, 7) is 5.30. The zero-order chi connectivity index (χ0) is 34.6. The van der Waals surface area contributed by atoms with Crippen molar-refractivity contribution in [3.05, 3.63) is 81.3 Å². The molecule has 3 aromatic heterocycles. The van der Waals surface area contributed by atoms with Gasteiger partial charge < -0.3 is 25.0 Å². The number of alkyl halides is 3. The molecule has 13 nitrogen and oxygen atoms in total. The predicted molar refractivity (Wildman–Crippen MR) is 172 cm³/mol. The maximum absolute atomic E-state index is 14.3. The number of rotatable bonds is 5. The fraction of sp³-hybridized carbons (Fsp3) is 0.394. The molecular formula is C33H33F3N8O5. The highest BCUT2D eigenvalue weighted by molar-refractivity contribution is 5.96. The van der Waals surface area contributed by atoms with Crippen molar-refractivity contribution in [3.8, 4) is 5.75 Å². The Hall–Kier alpha value is -5.25. The van der Waals surface area contributed by atoms with E-state index in [1.165, 1.54) is 35.8 Å². The highest BCUT2D eigenvalue weighted by atomic mass is 19.4. The molecule has 1 saturated heterocycles. The number of anilines is 2. The molecule has 3 aliphatic rings. The van der Waals surface area contributed by atoms with Gasteiger partial charge in [-0.25, -0.2) is 4.98 Å². The number of aryl methyl sites for hydroxylation is 1. The molecule has 6 heterocycles. The van der Waals surface area contributed by atoms with Gasteiger partial charge in [-0.3, -0.25) is 19.0 Å². The van der Waals surface area contributed by atoms with Gasteiger partial charge in [0, 0.05) is 44.0 Å². The fourth-order valence-corrected chi connectivity index (χ4v) is 6.79. The molecule has 0 aliphatic carbocycles. The van der Waals surface area contributed by atoms with Crippen LogP contribution in [0.15, 0.2) is 47.4 Å². The average molecular weight is 679 g/mol. The van der Waals surface area contributed by atoms with Crippen molar-refractivity contribution in [1.82, 2.24) is 29.0 Å². The lowest BCUT2D eigenvalue weighted by molar-refractivity contribution is -0.137. The molecule has 2 atom stereocenters. The van der Waals surface area contributed by atoms with Gasteiger partial charge in [0.05, 0.1) is 24.5 Å². The summed E-state index contributed by atoms with van der Waals surface area (Å²) in [6.07, 6.45) is -0.401. The third kappa shape index (κ3) is 5.79. The first kappa shape index (κ1) is 32.3. The number of nitrogens with zero attached hydrogens (tertiary/aromatic N) is 7. The summed E-state index contributed by atoms with van der Waals surface area (Å²) in [5.74, 6) is -0.878. The van der Waals surface area contributed by atoms with Crippen LogP contribution in [0.25, 0.3) is 11.4 Å². The van der Waals surface area contributed by atoms with Crippen molar-refractivity contribution in [2.75, 3.05) is 49.6 Å². The summed E-state index contributed by atoms with van der Waals surface area (Å²) >= 11 is 0. The number of pyridine rings is 1. The second-order valence-electron chi connectivity index (χ2n) is 12.4. The SMILES string of the molecule is Cc1cc(C(F)(F)F)ccc1NC(=O)[C@@H]1C[C@@H](C)c2c(N3CCN(C(=O)c4ncccc4O)CC3)c(=O)n3nc(C4=CCOCC4)nc3n21. The van der Waals surface area contributed by atoms with Crippen LogP contribution in [0.2, 0.25) is 0 Å². The average Bonchev–Trinajstić information content (AvgIpc) is 3.68. The molecule has 0 saturated carbocycles. The first-order chi connectivity index (χ1) is 23.4. The number of carbonyl (C=O) groups excluding carboxylic acids is 2. The minimum atomic E-state index is -4.52. The monoisotopic (exact) mass is 678 g/mol. The molecule has 0 bridgehead atoms. The van der Waals surface area contributed by atoms with E-state index in [2.05, 4.69) is 15.4 Å². The molecule has 3 aliphatic heterocycles. The Kier molecular flexibility index (Phi) is 8.13. The number of ether oxygens (including phenoxy) is 1. The van der Waals surface area contributed by atoms with Gasteiger partial charge >= 0.3 is 6.18 Å². The van der Waals surface area contributed by atoms with Crippen molar-refractivity contribution in [1.29, 1.82) is 0 Å². The van der Waals surface area contributed by atoms with E-state index in [4.69, 9.17) is 9.72 Å². The molecular weight excluding hydrogens is 645 g/mol. The Morgan fingerprint density at radius 3 is 2.57 bits per heavy atom. The van der Waals surface area contributed by atoms with Crippen molar-refractivity contribution >= 4 is 34.5 Å². The van der Waals surface area contributed by atoms with Gasteiger partial charge in [0.25, 0.3) is 11.5 Å². The van der Waals surface area contributed by atoms with Crippen LogP contribution in [0, 0.1) is 6.92 Å². The molecule has 1 fully saturated rings. The third-order valence-corrected chi connectivity index (χ3v) is 9.29. The first-order valence-corrected chi connectivity index (χ1v) is 15.9. The van der Waals surface area contributed by atoms with Crippen molar-refractivity contribution in [2.45, 2.75) is 44.8 Å². The standard InChI is InChI=1S/C33H33F3N8O5/c1-18-16-21(33(34,35)36)5-6-22(18)38-29(46)23-17-19(2)26-27(41-10-12-42(13-11-41)30(47)25-24(45)4-3-9-37-25)31(48)44-32(43(23)26)39-28(40-44)20-7-14-49-15-8-20/h3-7,9,16,19,23,45H,8,10-15,17H2,1-2H3,(H,38,46)/t19-,23+/m1/s1. The molecule has 0 radical (unpaired) electrons. The van der Waals surface area contributed by atoms with Gasteiger partial charge in [0.1, 0.15) is 17.5 Å². The highest BCUT2D eigenvalue weighted by Gasteiger charge is 2.41. The first-order valence-electron chi connectivity index (χ1n) is 15.9. The molecule has 7 rings (SSSR count). The van der Waals surface area contributed by atoms with E-state index >= 15 is 0 Å². The van der Waals surface area contributed by atoms with E-state index in [-0.39, 0.29) is 60.6 Å². The molecule has 2 N–H and O–H groups in total. The van der Waals surface area contributed by atoms with Crippen LogP contribution in [-0.4, -0.2) is 85.4 Å². The molecule has 2 amide bonds. The van der Waals surface area contributed by atoms with Gasteiger partial charge in [-0.1, -0.05) is 13.0 Å². The third-order valence-electron chi connectivity index (χ3n) is 9.29. The normalized spacial score (nSPS) is 19.6. The smallest absolute Gasteiger partial charge is 0.416 e. The fourth-order valence-electron chi connectivity index (χ4n) is 6.79. The Morgan fingerprint density at radius 1 is 1.12 bits per heavy atom. The van der Waals surface area contributed by atoms with E-state index in [0.29, 0.717) is 43.3 Å². The molecule has 4 aromatic rings. The van der Waals surface area contributed by atoms with E-state index in [1.54, 1.807) is 9.47 Å². The van der Waals surface area contributed by atoms with Gasteiger partial charge in [0.2, 0.25) is 11.7 Å². The molecule has 0 unspecified atom stereocenters. The summed E-state index contributed by atoms with van der Waals surface area (Å²) in [5, 5.41) is 17.6. The Labute approximate surface area is 277 Å². The number of carbonyl (C=O) groups is 2. The number of amides is 2. The Bertz CT molecular complexity index is 2070. The number of fused-ring (bicyclic) bond motifs is 3. The van der Waals surface area contributed by atoms with Crippen LogP contribution >= 0.6 is 0 Å². The number of benzene rings is 1. The van der Waals surface area contributed by atoms with Gasteiger partial charge in [0.15, 0.2) is 11.5 Å². The van der Waals surface area contributed by atoms with E-state index in [0.717, 1.165) is 17.7 Å². The largest absolute Gasteiger partial charge is 0.505 e. The summed E-state index contributed by atoms with van der Waals surface area (Å²) in [7, 11) is 0. The van der Waals surface area contributed by atoms with Crippen LogP contribution in [0.1, 0.15) is 64.9 Å². The maximum atomic E-state index is 14.3. The number of hydrogen-bond donors (Lipinski definition) is 2. The van der Waals surface area contributed by atoms with Crippen molar-refractivity contribution in [2.24, 2.45) is 0 Å². The second-order valence-corrected chi connectivity index (χ2v) is 12.4. The molecule has 0 spiro atoms. The second kappa shape index (κ2) is 12.3. The van der Waals surface area contributed by atoms with E-state index < -0.39 is 35.2 Å². The number of hydrogen-bond acceptors (Lipinski definition) is 9. The Morgan fingerprint density at radius 2 is 1.90 bits per heavy atom. The molecule has 256 valence electrons. The summed E-state index contributed by atoms with van der Waals surface area (Å²) in [4.78, 5) is 53.6. The zero-order valence-corrected chi connectivity index (χ0v) is 26.7. The number of halogens is 3. The highest BCUT2D eigenvalue weighted by Crippen LogP contribution is 2.42. The van der Waals surface area contributed by atoms with E-state index in [9.17, 15) is 32.7 Å². The molecule has 16 heteroatoms. The van der Waals surface area contributed by atoms with Gasteiger partial charge in [-0.05, 0) is 61.2 Å². The van der Waals surface area contributed by atoms with Crippen LogP contribution in [0.4, 0.5) is 24.5 Å². The lowest BCUT2D eigenvalue weighted by Gasteiger charge is -2.36. The number of piperazine rings is 1. The zero-order valence-electron chi connectivity index (χ0n) is 26.7. The van der Waals surface area contributed by atoms with Gasteiger partial charge in [-0.15, -0.1) is 5.10 Å².